The van der Waals surface area contributed by atoms with Crippen LogP contribution in [0, 0.1) is 11.8 Å². The summed E-state index contributed by atoms with van der Waals surface area (Å²) >= 11 is 0. The molecule has 3 nitrogen and oxygen atoms in total. The molecule has 0 fully saturated rings. The molecular formula is C37H74O3. The Labute approximate surface area is 252 Å². The monoisotopic (exact) mass is 567 g/mol. The van der Waals surface area contributed by atoms with Crippen molar-refractivity contribution in [1.82, 2.24) is 0 Å². The molecule has 0 saturated heterocycles. The van der Waals surface area contributed by atoms with Crippen LogP contribution in [0.5, 0.6) is 0 Å². The third-order valence-corrected chi connectivity index (χ3v) is 8.29. The third-order valence-electron chi connectivity index (χ3n) is 8.29. The van der Waals surface area contributed by atoms with Crippen molar-refractivity contribution in [3.05, 3.63) is 0 Å². The lowest BCUT2D eigenvalue weighted by Crippen LogP contribution is -2.09. The third kappa shape index (κ3) is 35.3. The maximum Gasteiger partial charge on any atom is 0.508 e. The van der Waals surface area contributed by atoms with Gasteiger partial charge in [-0.3, -0.25) is 0 Å². The highest BCUT2D eigenvalue weighted by molar-refractivity contribution is 5.59. The van der Waals surface area contributed by atoms with Crippen molar-refractivity contribution >= 4 is 6.16 Å². The second kappa shape index (κ2) is 32.8. The molecule has 0 aromatic heterocycles. The van der Waals surface area contributed by atoms with Gasteiger partial charge in [-0.25, -0.2) is 4.79 Å². The summed E-state index contributed by atoms with van der Waals surface area (Å²) in [7, 11) is 0. The summed E-state index contributed by atoms with van der Waals surface area (Å²) in [6, 6.07) is 0. The Kier molecular flexibility index (Phi) is 32.2. The highest BCUT2D eigenvalue weighted by atomic mass is 16.7. The lowest BCUT2D eigenvalue weighted by Gasteiger charge is -2.07. The average molecular weight is 567 g/mol. The number of hydrogen-bond acceptors (Lipinski definition) is 3. The number of rotatable bonds is 32. The molecule has 0 atom stereocenters. The van der Waals surface area contributed by atoms with E-state index in [1.165, 1.54) is 154 Å². The Morgan fingerprint density at radius 3 is 0.775 bits per heavy atom. The molecule has 3 heteroatoms. The second-order valence-electron chi connectivity index (χ2n) is 13.5. The van der Waals surface area contributed by atoms with Gasteiger partial charge in [0.15, 0.2) is 0 Å². The first kappa shape index (κ1) is 39.3. The van der Waals surface area contributed by atoms with E-state index in [2.05, 4.69) is 27.7 Å². The van der Waals surface area contributed by atoms with E-state index in [1.54, 1.807) is 0 Å². The van der Waals surface area contributed by atoms with Crippen LogP contribution in [0.2, 0.25) is 0 Å². The summed E-state index contributed by atoms with van der Waals surface area (Å²) in [6.07, 6.45) is 37.1. The molecule has 0 heterocycles. The summed E-state index contributed by atoms with van der Waals surface area (Å²) in [4.78, 5) is 11.7. The summed E-state index contributed by atoms with van der Waals surface area (Å²) in [6.45, 7) is 10.3. The Hall–Kier alpha value is -0.730. The van der Waals surface area contributed by atoms with Crippen molar-refractivity contribution in [3.8, 4) is 0 Å². The van der Waals surface area contributed by atoms with Crippen LogP contribution < -0.4 is 0 Å². The van der Waals surface area contributed by atoms with Crippen molar-refractivity contribution in [3.63, 3.8) is 0 Å². The molecule has 0 aromatic carbocycles. The molecule has 0 aliphatic rings. The quantitative estimate of drug-likeness (QED) is 0.0600. The van der Waals surface area contributed by atoms with Crippen LogP contribution in [0.15, 0.2) is 0 Å². The molecule has 0 rings (SSSR count). The maximum absolute atomic E-state index is 11.7. The molecular weight excluding hydrogens is 492 g/mol. The van der Waals surface area contributed by atoms with Gasteiger partial charge in [0.1, 0.15) is 0 Å². The molecule has 0 unspecified atom stereocenters. The number of ether oxygens (including phenoxy) is 2. The van der Waals surface area contributed by atoms with E-state index in [4.69, 9.17) is 9.47 Å². The molecule has 40 heavy (non-hydrogen) atoms. The molecule has 0 saturated carbocycles. The Morgan fingerprint density at radius 1 is 0.350 bits per heavy atom. The fourth-order valence-corrected chi connectivity index (χ4v) is 5.55. The van der Waals surface area contributed by atoms with Crippen molar-refractivity contribution in [1.29, 1.82) is 0 Å². The first-order chi connectivity index (χ1) is 19.5. The van der Waals surface area contributed by atoms with Crippen LogP contribution in [0.1, 0.15) is 207 Å². The highest BCUT2D eigenvalue weighted by Gasteiger charge is 2.03. The number of unbranched alkanes of at least 4 members (excludes halogenated alkanes) is 24. The van der Waals surface area contributed by atoms with Gasteiger partial charge in [0.25, 0.3) is 0 Å². The van der Waals surface area contributed by atoms with Gasteiger partial charge in [0.2, 0.25) is 0 Å². The summed E-state index contributed by atoms with van der Waals surface area (Å²) in [5.41, 5.74) is 0. The normalized spacial score (nSPS) is 11.6. The smallest absolute Gasteiger partial charge is 0.434 e. The maximum atomic E-state index is 11.7. The van der Waals surface area contributed by atoms with Crippen LogP contribution >= 0.6 is 0 Å². The summed E-state index contributed by atoms with van der Waals surface area (Å²) in [5.74, 6) is 1.74. The molecule has 0 spiro atoms. The van der Waals surface area contributed by atoms with Gasteiger partial charge in [-0.1, -0.05) is 195 Å². The first-order valence-electron chi connectivity index (χ1n) is 18.3. The fourth-order valence-electron chi connectivity index (χ4n) is 5.55. The molecule has 0 aliphatic carbocycles. The second-order valence-corrected chi connectivity index (χ2v) is 13.5. The SMILES string of the molecule is CC(C)CCCCCCCCCCCCCCCOC(=O)OCCCCCCCCCCCCCCCC(C)C. The zero-order valence-corrected chi connectivity index (χ0v) is 28.1. The average Bonchev–Trinajstić information content (AvgIpc) is 2.92. The van der Waals surface area contributed by atoms with Crippen LogP contribution in [0.25, 0.3) is 0 Å². The van der Waals surface area contributed by atoms with E-state index >= 15 is 0 Å². The zero-order chi connectivity index (χ0) is 29.4. The molecule has 0 radical (unpaired) electrons. The van der Waals surface area contributed by atoms with Crippen LogP contribution in [-0.2, 0) is 9.47 Å². The van der Waals surface area contributed by atoms with Crippen LogP contribution in [-0.4, -0.2) is 19.4 Å². The van der Waals surface area contributed by atoms with E-state index in [-0.39, 0.29) is 0 Å². The van der Waals surface area contributed by atoms with Crippen molar-refractivity contribution in [2.24, 2.45) is 11.8 Å². The van der Waals surface area contributed by atoms with E-state index in [1.807, 2.05) is 0 Å². The Morgan fingerprint density at radius 2 is 0.550 bits per heavy atom. The predicted molar refractivity (Wildman–Crippen MR) is 176 cm³/mol. The van der Waals surface area contributed by atoms with E-state index in [0.717, 1.165) is 37.5 Å². The topological polar surface area (TPSA) is 35.5 Å². The van der Waals surface area contributed by atoms with Gasteiger partial charge in [0, 0.05) is 0 Å². The minimum atomic E-state index is -0.472. The minimum absolute atomic E-state index is 0.472. The largest absolute Gasteiger partial charge is 0.508 e. The van der Waals surface area contributed by atoms with Crippen LogP contribution in [0.3, 0.4) is 0 Å². The first-order valence-corrected chi connectivity index (χ1v) is 18.3. The fraction of sp³-hybridized carbons (Fsp3) is 0.973. The number of hydrogen-bond donors (Lipinski definition) is 0. The van der Waals surface area contributed by atoms with Gasteiger partial charge in [-0.05, 0) is 24.7 Å². The van der Waals surface area contributed by atoms with Gasteiger partial charge >= 0.3 is 6.16 Å². The summed E-state index contributed by atoms with van der Waals surface area (Å²) < 4.78 is 10.5. The molecule has 0 aliphatic heterocycles. The van der Waals surface area contributed by atoms with E-state index in [9.17, 15) is 4.79 Å². The van der Waals surface area contributed by atoms with E-state index < -0.39 is 6.16 Å². The number of carbonyl (C=O) groups excluding carboxylic acids is 1. The lowest BCUT2D eigenvalue weighted by atomic mass is 10.0. The van der Waals surface area contributed by atoms with Crippen molar-refractivity contribution in [2.45, 2.75) is 207 Å². The van der Waals surface area contributed by atoms with Gasteiger partial charge in [0.05, 0.1) is 13.2 Å². The van der Waals surface area contributed by atoms with E-state index in [0.29, 0.717) is 13.2 Å². The predicted octanol–water partition coefficient (Wildman–Crippen LogP) is 13.4. The Balaban J connectivity index is 3.16. The summed E-state index contributed by atoms with van der Waals surface area (Å²) in [5, 5.41) is 0. The van der Waals surface area contributed by atoms with Crippen molar-refractivity contribution in [2.75, 3.05) is 13.2 Å². The molecule has 0 amide bonds. The molecule has 0 aromatic rings. The Bertz CT molecular complexity index is 446. The van der Waals surface area contributed by atoms with Gasteiger partial charge in [-0.2, -0.15) is 0 Å². The standard InChI is InChI=1S/C37H74O3/c1-35(2)31-27-23-19-15-11-7-5-9-13-17-21-25-29-33-39-37(38)40-34-30-26-22-18-14-10-6-8-12-16-20-24-28-32-36(3)4/h35-36H,5-34H2,1-4H3. The lowest BCUT2D eigenvalue weighted by molar-refractivity contribution is 0.0529. The van der Waals surface area contributed by atoms with Crippen molar-refractivity contribution < 1.29 is 14.3 Å². The number of carbonyl (C=O) groups is 1. The zero-order valence-electron chi connectivity index (χ0n) is 28.1. The van der Waals surface area contributed by atoms with Gasteiger partial charge in [-0.15, -0.1) is 0 Å². The molecule has 0 N–H and O–H groups in total. The van der Waals surface area contributed by atoms with Crippen LogP contribution in [0.4, 0.5) is 4.79 Å². The van der Waals surface area contributed by atoms with Gasteiger partial charge < -0.3 is 9.47 Å². The molecule has 0 bridgehead atoms. The molecule has 240 valence electrons. The highest BCUT2D eigenvalue weighted by Crippen LogP contribution is 2.16. The minimum Gasteiger partial charge on any atom is -0.434 e.